The molecule has 1 heterocycles. The zero-order valence-corrected chi connectivity index (χ0v) is 14.4. The molecule has 2 aromatic carbocycles. The highest BCUT2D eigenvalue weighted by Gasteiger charge is 2.24. The lowest BCUT2D eigenvalue weighted by Crippen LogP contribution is -2.39. The number of nitrogens with zero attached hydrogens (tertiary/aromatic N) is 1. The van der Waals surface area contributed by atoms with E-state index >= 15 is 0 Å². The first-order valence-corrected chi connectivity index (χ1v) is 8.48. The van der Waals surface area contributed by atoms with E-state index in [1.807, 2.05) is 56.3 Å². The molecule has 25 heavy (non-hydrogen) atoms. The van der Waals surface area contributed by atoms with E-state index in [2.05, 4.69) is 0 Å². The van der Waals surface area contributed by atoms with Gasteiger partial charge >= 0.3 is 5.63 Å². The molecule has 1 unspecified atom stereocenters. The lowest BCUT2D eigenvalue weighted by Gasteiger charge is -2.28. The van der Waals surface area contributed by atoms with E-state index in [1.165, 1.54) is 0 Å². The quantitative estimate of drug-likeness (QED) is 0.656. The summed E-state index contributed by atoms with van der Waals surface area (Å²) >= 11 is 0. The Morgan fingerprint density at radius 3 is 2.48 bits per heavy atom. The number of hydrogen-bond acceptors (Lipinski definition) is 3. The molecule has 128 valence electrons. The average molecular weight is 335 g/mol. The van der Waals surface area contributed by atoms with Crippen LogP contribution < -0.4 is 5.63 Å². The van der Waals surface area contributed by atoms with E-state index in [9.17, 15) is 9.59 Å². The Labute approximate surface area is 146 Å². The van der Waals surface area contributed by atoms with E-state index in [1.54, 1.807) is 23.1 Å². The van der Waals surface area contributed by atoms with Crippen LogP contribution in [0.3, 0.4) is 0 Å². The van der Waals surface area contributed by atoms with Crippen LogP contribution in [0.5, 0.6) is 0 Å². The summed E-state index contributed by atoms with van der Waals surface area (Å²) in [5.41, 5.74) is 1.00. The number of rotatable bonds is 5. The molecular formula is C21H21NO3. The number of para-hydroxylation sites is 1. The number of carbonyl (C=O) groups is 1. The number of fused-ring (bicyclic) bond motifs is 1. The van der Waals surface area contributed by atoms with Crippen LogP contribution in [-0.4, -0.2) is 16.8 Å². The van der Waals surface area contributed by atoms with Gasteiger partial charge in [0.1, 0.15) is 11.1 Å². The van der Waals surface area contributed by atoms with Crippen molar-refractivity contribution >= 4 is 16.9 Å². The SMILES string of the molecule is CCC(C)N(Cc1ccccc1)C(=O)c1cc2ccccc2oc1=O. The highest BCUT2D eigenvalue weighted by molar-refractivity contribution is 5.96. The van der Waals surface area contributed by atoms with Gasteiger partial charge in [0.15, 0.2) is 0 Å². The molecule has 1 amide bonds. The Balaban J connectivity index is 2.00. The summed E-state index contributed by atoms with van der Waals surface area (Å²) in [6.45, 7) is 4.48. The van der Waals surface area contributed by atoms with Crippen molar-refractivity contribution in [2.45, 2.75) is 32.9 Å². The van der Waals surface area contributed by atoms with Gasteiger partial charge in [0.05, 0.1) is 0 Å². The first-order valence-electron chi connectivity index (χ1n) is 8.48. The third kappa shape index (κ3) is 3.63. The van der Waals surface area contributed by atoms with Gasteiger partial charge in [-0.25, -0.2) is 4.79 Å². The Morgan fingerprint density at radius 2 is 1.76 bits per heavy atom. The fraction of sp³-hybridized carbons (Fsp3) is 0.238. The zero-order chi connectivity index (χ0) is 17.8. The fourth-order valence-electron chi connectivity index (χ4n) is 2.79. The van der Waals surface area contributed by atoms with Crippen molar-refractivity contribution in [2.75, 3.05) is 0 Å². The minimum Gasteiger partial charge on any atom is -0.422 e. The van der Waals surface area contributed by atoms with Gasteiger partial charge in [0, 0.05) is 18.0 Å². The maximum atomic E-state index is 13.1. The van der Waals surface area contributed by atoms with Crippen molar-refractivity contribution in [2.24, 2.45) is 0 Å². The van der Waals surface area contributed by atoms with Crippen LogP contribution in [0, 0.1) is 0 Å². The molecule has 0 aliphatic heterocycles. The maximum absolute atomic E-state index is 13.1. The molecule has 0 saturated carbocycles. The molecule has 1 aromatic heterocycles. The predicted octanol–water partition coefficient (Wildman–Crippen LogP) is 4.23. The van der Waals surface area contributed by atoms with E-state index in [4.69, 9.17) is 4.42 Å². The summed E-state index contributed by atoms with van der Waals surface area (Å²) in [6.07, 6.45) is 0.803. The van der Waals surface area contributed by atoms with E-state index in [0.717, 1.165) is 17.4 Å². The molecule has 3 aromatic rings. The molecular weight excluding hydrogens is 314 g/mol. The van der Waals surface area contributed by atoms with Gasteiger partial charge in [-0.1, -0.05) is 55.5 Å². The third-order valence-electron chi connectivity index (χ3n) is 4.45. The largest absolute Gasteiger partial charge is 0.422 e. The van der Waals surface area contributed by atoms with Crippen molar-refractivity contribution in [3.05, 3.63) is 82.2 Å². The van der Waals surface area contributed by atoms with Gasteiger partial charge in [0.25, 0.3) is 5.91 Å². The molecule has 4 heteroatoms. The fourth-order valence-corrected chi connectivity index (χ4v) is 2.79. The van der Waals surface area contributed by atoms with E-state index < -0.39 is 5.63 Å². The molecule has 4 nitrogen and oxygen atoms in total. The topological polar surface area (TPSA) is 50.5 Å². The van der Waals surface area contributed by atoms with Gasteiger partial charge in [0.2, 0.25) is 0 Å². The maximum Gasteiger partial charge on any atom is 0.349 e. The molecule has 0 aliphatic carbocycles. The summed E-state index contributed by atoms with van der Waals surface area (Å²) in [6, 6.07) is 18.6. The minimum atomic E-state index is -0.593. The van der Waals surface area contributed by atoms with Crippen molar-refractivity contribution in [1.29, 1.82) is 0 Å². The average Bonchev–Trinajstić information content (AvgIpc) is 2.65. The lowest BCUT2D eigenvalue weighted by atomic mass is 10.1. The van der Waals surface area contributed by atoms with Gasteiger partial charge in [-0.05, 0) is 31.0 Å². The summed E-state index contributed by atoms with van der Waals surface area (Å²) in [5, 5.41) is 0.745. The second-order valence-electron chi connectivity index (χ2n) is 6.16. The Morgan fingerprint density at radius 1 is 1.08 bits per heavy atom. The Kier molecular flexibility index (Phi) is 4.98. The molecule has 0 fully saturated rings. The molecule has 0 aliphatic rings. The van der Waals surface area contributed by atoms with Crippen LogP contribution in [0.4, 0.5) is 0 Å². The summed E-state index contributed by atoms with van der Waals surface area (Å²) in [4.78, 5) is 27.1. The Bertz CT molecular complexity index is 931. The third-order valence-corrected chi connectivity index (χ3v) is 4.45. The second kappa shape index (κ2) is 7.34. The first kappa shape index (κ1) is 17.0. The van der Waals surface area contributed by atoms with Crippen molar-refractivity contribution in [1.82, 2.24) is 4.90 Å². The van der Waals surface area contributed by atoms with Crippen LogP contribution in [0.15, 0.2) is 69.9 Å². The van der Waals surface area contributed by atoms with E-state index in [-0.39, 0.29) is 17.5 Å². The zero-order valence-electron chi connectivity index (χ0n) is 14.4. The van der Waals surface area contributed by atoms with Crippen molar-refractivity contribution < 1.29 is 9.21 Å². The number of benzene rings is 2. The minimum absolute atomic E-state index is 0.0126. The number of amides is 1. The Hall–Kier alpha value is -2.88. The summed E-state index contributed by atoms with van der Waals surface area (Å²) in [5.74, 6) is -0.294. The first-order chi connectivity index (χ1) is 12.1. The van der Waals surface area contributed by atoms with Crippen LogP contribution in [0.1, 0.15) is 36.2 Å². The molecule has 0 spiro atoms. The summed E-state index contributed by atoms with van der Waals surface area (Å²) in [7, 11) is 0. The van der Waals surface area contributed by atoms with Crippen LogP contribution in [0.25, 0.3) is 11.0 Å². The molecule has 0 N–H and O–H groups in total. The van der Waals surface area contributed by atoms with Crippen molar-refractivity contribution in [3.8, 4) is 0 Å². The highest BCUT2D eigenvalue weighted by atomic mass is 16.4. The van der Waals surface area contributed by atoms with Crippen molar-refractivity contribution in [3.63, 3.8) is 0 Å². The van der Waals surface area contributed by atoms with E-state index in [0.29, 0.717) is 12.1 Å². The summed E-state index contributed by atoms with van der Waals surface area (Å²) < 4.78 is 5.32. The van der Waals surface area contributed by atoms with Crippen LogP contribution in [-0.2, 0) is 6.54 Å². The molecule has 3 rings (SSSR count). The van der Waals surface area contributed by atoms with Gasteiger partial charge in [-0.3, -0.25) is 4.79 Å². The second-order valence-corrected chi connectivity index (χ2v) is 6.16. The molecule has 1 atom stereocenters. The molecule has 0 saturated heterocycles. The predicted molar refractivity (Wildman–Crippen MR) is 98.6 cm³/mol. The van der Waals surface area contributed by atoms with Gasteiger partial charge in [-0.15, -0.1) is 0 Å². The number of hydrogen-bond donors (Lipinski definition) is 0. The van der Waals surface area contributed by atoms with Crippen LogP contribution >= 0.6 is 0 Å². The smallest absolute Gasteiger partial charge is 0.349 e. The molecule has 0 radical (unpaired) electrons. The normalized spacial score (nSPS) is 12.1. The standard InChI is InChI=1S/C21H21NO3/c1-3-15(2)22(14-16-9-5-4-6-10-16)20(23)18-13-17-11-7-8-12-19(17)25-21(18)24/h4-13,15H,3,14H2,1-2H3. The van der Waals surface area contributed by atoms with Gasteiger partial charge in [-0.2, -0.15) is 0 Å². The molecule has 0 bridgehead atoms. The van der Waals surface area contributed by atoms with Gasteiger partial charge < -0.3 is 9.32 Å². The highest BCUT2D eigenvalue weighted by Crippen LogP contribution is 2.17. The number of carbonyl (C=O) groups excluding carboxylic acids is 1. The monoisotopic (exact) mass is 335 g/mol. The van der Waals surface area contributed by atoms with Crippen LogP contribution in [0.2, 0.25) is 0 Å². The lowest BCUT2D eigenvalue weighted by molar-refractivity contribution is 0.0667.